The van der Waals surface area contributed by atoms with E-state index >= 15 is 0 Å². The largest absolute Gasteiger partial charge is 0.481 e. The minimum absolute atomic E-state index is 0.161. The number of carboxylic acids is 1. The van der Waals surface area contributed by atoms with Crippen molar-refractivity contribution >= 4 is 35.8 Å². The summed E-state index contributed by atoms with van der Waals surface area (Å²) in [6.45, 7) is 14.9. The van der Waals surface area contributed by atoms with Crippen LogP contribution in [0.5, 0.6) is 0 Å². The molecule has 0 saturated carbocycles. The SMILES string of the molecule is CCC(C)(CC(C)(CC(C)C(=O)O)C(=O)OCC(O)CO)C(=O)OCC(O)COCC(O)COC(=O)C(C)(C)CC(C)(CC(C)(CC(C)(CC)N(C)C)C(=O)OCC(O)COC(C)=O)N(C)C. The molecule has 0 radical (unpaired) electrons. The average molecular weight is 967 g/mol. The Bertz CT molecular complexity index is 1590. The van der Waals surface area contributed by atoms with E-state index in [1.807, 2.05) is 58.8 Å². The summed E-state index contributed by atoms with van der Waals surface area (Å²) in [6, 6.07) is 0. The lowest BCUT2D eigenvalue weighted by molar-refractivity contribution is -0.170. The van der Waals surface area contributed by atoms with Crippen LogP contribution in [-0.2, 0) is 57.2 Å². The second-order valence-electron chi connectivity index (χ2n) is 20.7. The summed E-state index contributed by atoms with van der Waals surface area (Å²) < 4.78 is 32.1. The predicted octanol–water partition coefficient (Wildman–Crippen LogP) is 2.35. The maximum atomic E-state index is 14.0. The Morgan fingerprint density at radius 2 is 0.896 bits per heavy atom. The van der Waals surface area contributed by atoms with Crippen LogP contribution in [0.4, 0.5) is 0 Å². The number of carbonyl (C=O) groups is 6. The number of ether oxygens (including phenoxy) is 6. The van der Waals surface area contributed by atoms with Crippen LogP contribution >= 0.6 is 0 Å². The molecule has 67 heavy (non-hydrogen) atoms. The molecular weight excluding hydrogens is 881 g/mol. The Balaban J connectivity index is 5.71. The lowest BCUT2D eigenvalue weighted by Gasteiger charge is -2.48. The van der Waals surface area contributed by atoms with E-state index in [0.29, 0.717) is 12.8 Å². The van der Waals surface area contributed by atoms with Crippen LogP contribution in [0.1, 0.15) is 121 Å². The van der Waals surface area contributed by atoms with Crippen LogP contribution in [0, 0.1) is 27.6 Å². The van der Waals surface area contributed by atoms with E-state index in [1.165, 1.54) is 27.7 Å². The quantitative estimate of drug-likeness (QED) is 0.0399. The van der Waals surface area contributed by atoms with Gasteiger partial charge in [0.25, 0.3) is 0 Å². The third-order valence-corrected chi connectivity index (χ3v) is 13.0. The molecule has 10 atom stereocenters. The minimum Gasteiger partial charge on any atom is -0.481 e. The van der Waals surface area contributed by atoms with Crippen LogP contribution in [0.15, 0.2) is 0 Å². The van der Waals surface area contributed by atoms with Crippen molar-refractivity contribution in [1.29, 1.82) is 0 Å². The van der Waals surface area contributed by atoms with E-state index < -0.39 is 125 Å². The molecule has 0 amide bonds. The lowest BCUT2D eigenvalue weighted by Crippen LogP contribution is -2.54. The zero-order chi connectivity index (χ0) is 52.4. The molecule has 20 heteroatoms. The number of carbonyl (C=O) groups excluding carboxylic acids is 5. The molecule has 0 aliphatic heterocycles. The summed E-state index contributed by atoms with van der Waals surface area (Å²) in [7, 11) is 7.54. The Morgan fingerprint density at radius 3 is 1.30 bits per heavy atom. The van der Waals surface area contributed by atoms with Gasteiger partial charge in [0.1, 0.15) is 57.5 Å². The molecule has 0 aromatic heterocycles. The van der Waals surface area contributed by atoms with E-state index in [0.717, 1.165) is 0 Å². The fraction of sp³-hybridized carbons (Fsp3) is 0.872. The van der Waals surface area contributed by atoms with Gasteiger partial charge in [-0.1, -0.05) is 20.8 Å². The van der Waals surface area contributed by atoms with Gasteiger partial charge in [0.2, 0.25) is 0 Å². The first-order valence-electron chi connectivity index (χ1n) is 22.9. The number of hydrogen-bond acceptors (Lipinski definition) is 19. The van der Waals surface area contributed by atoms with Crippen molar-refractivity contribution in [2.24, 2.45) is 27.6 Å². The number of esters is 5. The summed E-state index contributed by atoms with van der Waals surface area (Å²) in [5.41, 5.74) is -6.37. The second-order valence-corrected chi connectivity index (χ2v) is 20.7. The molecule has 20 nitrogen and oxygen atoms in total. The lowest BCUT2D eigenvalue weighted by atomic mass is 9.66. The van der Waals surface area contributed by atoms with Gasteiger partial charge in [-0.15, -0.1) is 0 Å². The number of hydrogen-bond donors (Lipinski definition) is 6. The molecule has 0 aromatic rings. The molecule has 0 bridgehead atoms. The van der Waals surface area contributed by atoms with Crippen molar-refractivity contribution < 1.29 is 87.8 Å². The van der Waals surface area contributed by atoms with Crippen LogP contribution < -0.4 is 0 Å². The molecule has 0 aliphatic carbocycles. The molecule has 0 heterocycles. The molecule has 0 aliphatic rings. The Labute approximate surface area is 397 Å². The summed E-state index contributed by atoms with van der Waals surface area (Å²) in [5.74, 6) is -5.58. The molecule has 0 spiro atoms. The van der Waals surface area contributed by atoms with Gasteiger partial charge in [0.15, 0.2) is 0 Å². The molecule has 392 valence electrons. The normalized spacial score (nSPS) is 18.9. The van der Waals surface area contributed by atoms with Crippen molar-refractivity contribution in [3.8, 4) is 0 Å². The highest BCUT2D eigenvalue weighted by Gasteiger charge is 2.51. The average Bonchev–Trinajstić information content (AvgIpc) is 3.23. The van der Waals surface area contributed by atoms with Gasteiger partial charge in [0.05, 0.1) is 47.4 Å². The first-order chi connectivity index (χ1) is 30.6. The molecule has 0 fully saturated rings. The Hall–Kier alpha value is -3.50. The maximum absolute atomic E-state index is 14.0. The number of rotatable bonds is 34. The van der Waals surface area contributed by atoms with Crippen molar-refractivity contribution in [2.45, 2.75) is 157 Å². The van der Waals surface area contributed by atoms with Crippen LogP contribution in [0.2, 0.25) is 0 Å². The summed E-state index contributed by atoms with van der Waals surface area (Å²) in [6.07, 6.45) is -3.94. The van der Waals surface area contributed by atoms with Crippen molar-refractivity contribution in [3.63, 3.8) is 0 Å². The number of carboxylic acid groups (broad SMARTS) is 1. The van der Waals surface area contributed by atoms with E-state index in [9.17, 15) is 54.3 Å². The second kappa shape index (κ2) is 27.6. The predicted molar refractivity (Wildman–Crippen MR) is 245 cm³/mol. The highest BCUT2D eigenvalue weighted by molar-refractivity contribution is 5.82. The Kier molecular flexibility index (Phi) is 26.2. The first-order valence-corrected chi connectivity index (χ1v) is 22.9. The summed E-state index contributed by atoms with van der Waals surface area (Å²) in [5, 5.41) is 59.9. The first kappa shape index (κ1) is 63.5. The smallest absolute Gasteiger partial charge is 0.312 e. The fourth-order valence-electron chi connectivity index (χ4n) is 8.24. The third kappa shape index (κ3) is 20.9. The highest BCUT2D eigenvalue weighted by atomic mass is 16.6. The standard InChI is InChI=1S/C47H86N2O18/c1-16-43(7,28-44(8,18-31(3)37(56)57)40(60)65-22-33(52)19-50)39(59)66-25-35(54)21-62-20-34(53)24-64-38(58)42(5,6)27-47(11,49(14)15)30-45(9,29-46(10,17-2)48(12)13)41(61)67-26-36(55)23-63-32(4)51/h31,33-36,50,52-55H,16-30H2,1-15H3,(H,56,57). The van der Waals surface area contributed by atoms with E-state index in [4.69, 9.17) is 33.5 Å². The van der Waals surface area contributed by atoms with Gasteiger partial charge in [-0.25, -0.2) is 0 Å². The van der Waals surface area contributed by atoms with Crippen LogP contribution in [0.3, 0.4) is 0 Å². The molecule has 0 aromatic carbocycles. The highest BCUT2D eigenvalue weighted by Crippen LogP contribution is 2.46. The molecule has 0 rings (SSSR count). The zero-order valence-corrected chi connectivity index (χ0v) is 43.0. The summed E-state index contributed by atoms with van der Waals surface area (Å²) in [4.78, 5) is 81.2. The van der Waals surface area contributed by atoms with E-state index in [-0.39, 0.29) is 58.5 Å². The van der Waals surface area contributed by atoms with Crippen LogP contribution in [0.25, 0.3) is 0 Å². The molecular formula is C47H86N2O18. The zero-order valence-electron chi connectivity index (χ0n) is 43.0. The van der Waals surface area contributed by atoms with Gasteiger partial charge in [-0.3, -0.25) is 28.8 Å². The van der Waals surface area contributed by atoms with Gasteiger partial charge in [-0.2, -0.15) is 0 Å². The molecule has 10 unspecified atom stereocenters. The van der Waals surface area contributed by atoms with Crippen molar-refractivity contribution in [3.05, 3.63) is 0 Å². The number of nitrogens with zero attached hydrogens (tertiary/aromatic N) is 2. The monoisotopic (exact) mass is 967 g/mol. The number of aliphatic carboxylic acids is 1. The topological polar surface area (TPSA) is 286 Å². The van der Waals surface area contributed by atoms with Gasteiger partial charge in [0, 0.05) is 18.0 Å². The maximum Gasteiger partial charge on any atom is 0.312 e. The van der Waals surface area contributed by atoms with E-state index in [2.05, 4.69) is 0 Å². The van der Waals surface area contributed by atoms with Gasteiger partial charge in [-0.05, 0) is 122 Å². The third-order valence-electron chi connectivity index (χ3n) is 13.0. The fourth-order valence-corrected chi connectivity index (χ4v) is 8.24. The Morgan fingerprint density at radius 1 is 0.507 bits per heavy atom. The van der Waals surface area contributed by atoms with Gasteiger partial charge >= 0.3 is 35.8 Å². The summed E-state index contributed by atoms with van der Waals surface area (Å²) >= 11 is 0. The molecule has 6 N–H and O–H groups in total. The van der Waals surface area contributed by atoms with Crippen LogP contribution in [-0.4, -0.2) is 193 Å². The van der Waals surface area contributed by atoms with Crippen molar-refractivity contribution in [2.75, 3.05) is 81.0 Å². The molecule has 0 saturated heterocycles. The van der Waals surface area contributed by atoms with E-state index in [1.54, 1.807) is 27.7 Å². The number of aliphatic hydroxyl groups excluding tert-OH is 5. The van der Waals surface area contributed by atoms with Gasteiger partial charge < -0.3 is 68.9 Å². The van der Waals surface area contributed by atoms with Crippen molar-refractivity contribution in [1.82, 2.24) is 9.80 Å². The minimum atomic E-state index is -1.51. The number of aliphatic hydroxyl groups is 5.